The van der Waals surface area contributed by atoms with Crippen molar-refractivity contribution in [3.63, 3.8) is 0 Å². The number of rotatable bonds is 8. The summed E-state index contributed by atoms with van der Waals surface area (Å²) in [6.45, 7) is 1.37. The van der Waals surface area contributed by atoms with E-state index < -0.39 is 18.2 Å². The lowest BCUT2D eigenvalue weighted by molar-refractivity contribution is -0.149. The molecule has 0 bridgehead atoms. The number of aliphatic carboxylic acids is 1. The minimum atomic E-state index is -1.12. The van der Waals surface area contributed by atoms with Crippen LogP contribution in [0.2, 0.25) is 5.02 Å². The van der Waals surface area contributed by atoms with Crippen molar-refractivity contribution in [1.29, 1.82) is 0 Å². The molecule has 0 aliphatic carbocycles. The van der Waals surface area contributed by atoms with Crippen molar-refractivity contribution in [2.24, 2.45) is 5.16 Å². The summed E-state index contributed by atoms with van der Waals surface area (Å²) in [5.41, 5.74) is 1.41. The highest BCUT2D eigenvalue weighted by atomic mass is 79.9. The van der Waals surface area contributed by atoms with Crippen molar-refractivity contribution in [3.8, 4) is 17.2 Å². The molecule has 3 aromatic rings. The maximum absolute atomic E-state index is 10.8. The number of benzene rings is 3. The SMILES string of the molecule is CC(O/N=C\c1cc(Br)c(Oc2ccc(O)c(C(O)c3cccc(Cl)c3)c2)c(Br)c1)C(=O)O. The van der Waals surface area contributed by atoms with Crippen LogP contribution < -0.4 is 4.74 Å². The third-order valence-electron chi connectivity index (χ3n) is 4.47. The number of nitrogens with zero attached hydrogens (tertiary/aromatic N) is 1. The molecule has 33 heavy (non-hydrogen) atoms. The second-order valence-corrected chi connectivity index (χ2v) is 9.06. The molecule has 3 N–H and O–H groups in total. The molecule has 0 amide bonds. The molecule has 0 aliphatic rings. The van der Waals surface area contributed by atoms with Crippen molar-refractivity contribution in [1.82, 2.24) is 0 Å². The predicted molar refractivity (Wildman–Crippen MR) is 131 cm³/mol. The van der Waals surface area contributed by atoms with Crippen molar-refractivity contribution in [2.75, 3.05) is 0 Å². The highest BCUT2D eigenvalue weighted by molar-refractivity contribution is 9.11. The number of phenolic OH excluding ortho intramolecular Hbond substituents is 1. The lowest BCUT2D eigenvalue weighted by atomic mass is 10.0. The zero-order chi connectivity index (χ0) is 24.1. The quantitative estimate of drug-likeness (QED) is 0.208. The lowest BCUT2D eigenvalue weighted by Gasteiger charge is -2.16. The van der Waals surface area contributed by atoms with E-state index in [2.05, 4.69) is 37.0 Å². The molecule has 7 nitrogen and oxygen atoms in total. The smallest absolute Gasteiger partial charge is 0.347 e. The third-order valence-corrected chi connectivity index (χ3v) is 5.88. The molecule has 0 heterocycles. The Kier molecular flexibility index (Phi) is 8.36. The van der Waals surface area contributed by atoms with Gasteiger partial charge in [-0.2, -0.15) is 0 Å². The van der Waals surface area contributed by atoms with Gasteiger partial charge in [0.2, 0.25) is 6.10 Å². The minimum absolute atomic E-state index is 0.0879. The summed E-state index contributed by atoms with van der Waals surface area (Å²) in [5.74, 6) is -0.381. The van der Waals surface area contributed by atoms with Gasteiger partial charge in [-0.3, -0.25) is 0 Å². The molecule has 0 aromatic heterocycles. The van der Waals surface area contributed by atoms with E-state index in [4.69, 9.17) is 26.3 Å². The minimum Gasteiger partial charge on any atom is -0.508 e. The number of aliphatic hydroxyl groups is 1. The van der Waals surface area contributed by atoms with Crippen LogP contribution in [-0.2, 0) is 9.63 Å². The lowest BCUT2D eigenvalue weighted by Crippen LogP contribution is -2.17. The van der Waals surface area contributed by atoms with Gasteiger partial charge in [0.1, 0.15) is 17.6 Å². The number of aromatic hydroxyl groups is 1. The summed E-state index contributed by atoms with van der Waals surface area (Å²) in [7, 11) is 0. The molecule has 0 saturated carbocycles. The van der Waals surface area contributed by atoms with E-state index in [1.54, 1.807) is 42.5 Å². The van der Waals surface area contributed by atoms with Gasteiger partial charge in [0.25, 0.3) is 0 Å². The van der Waals surface area contributed by atoms with Crippen molar-refractivity contribution < 1.29 is 29.7 Å². The first kappa shape index (κ1) is 25.0. The number of halogens is 3. The molecule has 3 rings (SSSR count). The first-order valence-corrected chi connectivity index (χ1v) is 11.5. The van der Waals surface area contributed by atoms with Crippen LogP contribution in [0.15, 0.2) is 68.7 Å². The topological polar surface area (TPSA) is 109 Å². The zero-order valence-corrected chi connectivity index (χ0v) is 21.0. The number of ether oxygens (including phenoxy) is 1. The van der Waals surface area contributed by atoms with Crippen molar-refractivity contribution >= 4 is 55.6 Å². The monoisotopic (exact) mass is 597 g/mol. The summed E-state index contributed by atoms with van der Waals surface area (Å²) in [6.07, 6.45) is -0.800. The molecule has 2 atom stereocenters. The van der Waals surface area contributed by atoms with E-state index in [1.807, 2.05) is 0 Å². The standard InChI is InChI=1S/C23H18Br2ClNO6/c1-12(23(30)31)33-27-11-13-7-18(24)22(19(25)8-13)32-16-5-6-20(28)17(10-16)21(29)14-3-2-4-15(26)9-14/h2-12,21,28-29H,1H3,(H,30,31)/b27-11-. The average molecular weight is 600 g/mol. The fourth-order valence-corrected chi connectivity index (χ4v) is 4.35. The fourth-order valence-electron chi connectivity index (χ4n) is 2.77. The Bertz CT molecular complexity index is 1180. The zero-order valence-electron chi connectivity index (χ0n) is 17.1. The number of carboxylic acids is 1. The molecule has 0 spiro atoms. The van der Waals surface area contributed by atoms with Crippen LogP contribution in [0.4, 0.5) is 0 Å². The molecule has 3 aromatic carbocycles. The Morgan fingerprint density at radius 1 is 1.12 bits per heavy atom. The largest absolute Gasteiger partial charge is 0.508 e. The summed E-state index contributed by atoms with van der Waals surface area (Å²) in [4.78, 5) is 15.6. The highest BCUT2D eigenvalue weighted by Gasteiger charge is 2.18. The second kappa shape index (κ2) is 11.0. The maximum Gasteiger partial charge on any atom is 0.347 e. The Morgan fingerprint density at radius 2 is 1.82 bits per heavy atom. The molecule has 172 valence electrons. The van der Waals surface area contributed by atoms with Gasteiger partial charge in [0.15, 0.2) is 5.75 Å². The number of carbonyl (C=O) groups is 1. The summed E-state index contributed by atoms with van der Waals surface area (Å²) < 4.78 is 7.14. The Balaban J connectivity index is 1.83. The maximum atomic E-state index is 10.8. The van der Waals surface area contributed by atoms with Crippen LogP contribution in [0.5, 0.6) is 17.2 Å². The second-order valence-electron chi connectivity index (χ2n) is 6.91. The number of aliphatic hydroxyl groups excluding tert-OH is 1. The van der Waals surface area contributed by atoms with Crippen LogP contribution in [-0.4, -0.2) is 33.6 Å². The van der Waals surface area contributed by atoms with Gasteiger partial charge >= 0.3 is 5.97 Å². The van der Waals surface area contributed by atoms with Gasteiger partial charge in [-0.25, -0.2) is 4.79 Å². The number of hydrogen-bond donors (Lipinski definition) is 3. The van der Waals surface area contributed by atoms with E-state index in [0.717, 1.165) is 0 Å². The van der Waals surface area contributed by atoms with Crippen LogP contribution in [0.25, 0.3) is 0 Å². The molecule has 10 heteroatoms. The predicted octanol–water partition coefficient (Wildman–Crippen LogP) is 6.27. The van der Waals surface area contributed by atoms with Gasteiger partial charge in [-0.05, 0) is 92.4 Å². The average Bonchev–Trinajstić information content (AvgIpc) is 2.76. The third kappa shape index (κ3) is 6.48. The highest BCUT2D eigenvalue weighted by Crippen LogP contribution is 2.40. The fraction of sp³-hybridized carbons (Fsp3) is 0.130. The summed E-state index contributed by atoms with van der Waals surface area (Å²) in [5, 5.41) is 34.0. The molecule has 0 fully saturated rings. The van der Waals surface area contributed by atoms with Gasteiger partial charge in [-0.15, -0.1) is 0 Å². The van der Waals surface area contributed by atoms with Crippen LogP contribution in [0.3, 0.4) is 0 Å². The number of oxime groups is 1. The molecule has 2 unspecified atom stereocenters. The van der Waals surface area contributed by atoms with Gasteiger partial charge < -0.3 is 24.9 Å². The Morgan fingerprint density at radius 3 is 2.45 bits per heavy atom. The van der Waals surface area contributed by atoms with Crippen molar-refractivity contribution in [3.05, 3.63) is 85.3 Å². The number of hydrogen-bond acceptors (Lipinski definition) is 6. The van der Waals surface area contributed by atoms with E-state index in [-0.39, 0.29) is 11.3 Å². The normalized spacial score (nSPS) is 13.0. The van der Waals surface area contributed by atoms with Crippen LogP contribution in [0, 0.1) is 0 Å². The summed E-state index contributed by atoms with van der Waals surface area (Å²) >= 11 is 12.9. The van der Waals surface area contributed by atoms with E-state index >= 15 is 0 Å². The van der Waals surface area contributed by atoms with E-state index in [9.17, 15) is 15.0 Å². The van der Waals surface area contributed by atoms with Crippen LogP contribution >= 0.6 is 43.5 Å². The van der Waals surface area contributed by atoms with Gasteiger partial charge in [0, 0.05) is 10.6 Å². The van der Waals surface area contributed by atoms with Crippen LogP contribution in [0.1, 0.15) is 29.7 Å². The first-order chi connectivity index (χ1) is 15.7. The Hall–Kier alpha value is -2.59. The van der Waals surface area contributed by atoms with Gasteiger partial charge in [-0.1, -0.05) is 28.9 Å². The van der Waals surface area contributed by atoms with Crippen molar-refractivity contribution in [2.45, 2.75) is 19.1 Å². The van der Waals surface area contributed by atoms with Gasteiger partial charge in [0.05, 0.1) is 15.2 Å². The summed E-state index contributed by atoms with van der Waals surface area (Å²) in [6, 6.07) is 14.7. The molecular formula is C23H18Br2ClNO6. The van der Waals surface area contributed by atoms with E-state index in [0.29, 0.717) is 36.6 Å². The van der Waals surface area contributed by atoms with E-state index in [1.165, 1.54) is 25.3 Å². The first-order valence-electron chi connectivity index (χ1n) is 9.51. The molecular weight excluding hydrogens is 582 g/mol. The molecule has 0 saturated heterocycles. The number of carboxylic acid groups (broad SMARTS) is 1. The number of phenols is 1. The molecule has 0 aliphatic heterocycles. The Labute approximate surface area is 211 Å². The molecule has 0 radical (unpaired) electrons.